The maximum atomic E-state index is 6.07. The highest BCUT2D eigenvalue weighted by Gasteiger charge is 2.43. The molecule has 0 saturated carbocycles. The Morgan fingerprint density at radius 2 is 1.54 bits per heavy atom. The van der Waals surface area contributed by atoms with Gasteiger partial charge in [-0.05, 0) is 26.2 Å². The lowest BCUT2D eigenvalue weighted by molar-refractivity contribution is 0.533. The van der Waals surface area contributed by atoms with Crippen LogP contribution in [0.4, 0.5) is 0 Å². The molecular weight excluding hydrogens is 273 g/mol. The van der Waals surface area contributed by atoms with Crippen LogP contribution in [0.1, 0.15) is 26.2 Å². The maximum absolute atomic E-state index is 6.07. The fraction of sp³-hybridized carbons (Fsp3) is 1.00. The molecule has 5 heteroatoms. The molecule has 0 aromatic heterocycles. The Kier molecular flexibility index (Phi) is 6.81. The van der Waals surface area contributed by atoms with Crippen LogP contribution < -0.4 is 0 Å². The van der Waals surface area contributed by atoms with Crippen LogP contribution in [0.2, 0.25) is 0 Å². The lowest BCUT2D eigenvalue weighted by Gasteiger charge is -2.33. The van der Waals surface area contributed by atoms with Crippen molar-refractivity contribution in [1.82, 2.24) is 0 Å². The number of hydrogen-bond acceptors (Lipinski definition) is 0. The van der Waals surface area contributed by atoms with Crippen molar-refractivity contribution in [3.63, 3.8) is 0 Å². The zero-order valence-electron chi connectivity index (χ0n) is 7.43. The summed E-state index contributed by atoms with van der Waals surface area (Å²) >= 11 is 29.4. The molecule has 0 aromatic rings. The predicted octanol–water partition coefficient (Wildman–Crippen LogP) is 4.81. The van der Waals surface area contributed by atoms with Crippen molar-refractivity contribution in [2.45, 2.75) is 35.4 Å². The average molecular weight is 286 g/mol. The Labute approximate surface area is 105 Å². The van der Waals surface area contributed by atoms with Gasteiger partial charge in [0, 0.05) is 11.8 Å². The summed E-state index contributed by atoms with van der Waals surface area (Å²) in [5.74, 6) is 0.839. The first-order valence-corrected chi connectivity index (χ1v) is 6.26. The first-order chi connectivity index (χ1) is 5.87. The molecule has 0 aliphatic rings. The van der Waals surface area contributed by atoms with Gasteiger partial charge in [-0.3, -0.25) is 0 Å². The van der Waals surface area contributed by atoms with Gasteiger partial charge in [0.2, 0.25) is 0 Å². The molecule has 0 fully saturated rings. The van der Waals surface area contributed by atoms with Gasteiger partial charge in [-0.1, -0.05) is 23.2 Å². The quantitative estimate of drug-likeness (QED) is 0.486. The molecule has 0 radical (unpaired) electrons. The molecule has 1 unspecified atom stereocenters. The maximum Gasteiger partial charge on any atom is 0.138 e. The van der Waals surface area contributed by atoms with Crippen LogP contribution in [0.5, 0.6) is 0 Å². The number of alkyl halides is 5. The van der Waals surface area contributed by atoms with Gasteiger partial charge in [0.25, 0.3) is 0 Å². The molecule has 80 valence electrons. The minimum atomic E-state index is -0.984. The first kappa shape index (κ1) is 14.5. The molecule has 0 amide bonds. The van der Waals surface area contributed by atoms with E-state index in [1.54, 1.807) is 6.92 Å². The van der Waals surface area contributed by atoms with Crippen LogP contribution in [-0.2, 0) is 0 Å². The van der Waals surface area contributed by atoms with E-state index in [-0.39, 0.29) is 5.88 Å². The molecule has 0 N–H and O–H groups in total. The summed E-state index contributed by atoms with van der Waals surface area (Å²) in [6, 6.07) is 0. The molecule has 0 bridgehead atoms. The minimum absolute atomic E-state index is 0.225. The van der Waals surface area contributed by atoms with Gasteiger partial charge >= 0.3 is 0 Å². The van der Waals surface area contributed by atoms with E-state index in [9.17, 15) is 0 Å². The highest BCUT2D eigenvalue weighted by atomic mass is 35.5. The van der Waals surface area contributed by atoms with E-state index in [1.807, 2.05) is 0 Å². The largest absolute Gasteiger partial charge is 0.138 e. The van der Waals surface area contributed by atoms with Gasteiger partial charge in [0.05, 0.1) is 4.87 Å². The van der Waals surface area contributed by atoms with E-state index < -0.39 is 9.21 Å². The molecule has 0 aromatic carbocycles. The normalized spacial score (nSPS) is 17.1. The zero-order chi connectivity index (χ0) is 10.5. The summed E-state index contributed by atoms with van der Waals surface area (Å²) in [5.41, 5.74) is 0. The van der Waals surface area contributed by atoms with Crippen molar-refractivity contribution in [1.29, 1.82) is 0 Å². The summed E-state index contributed by atoms with van der Waals surface area (Å²) in [5, 5.41) is 0. The van der Waals surface area contributed by atoms with E-state index in [2.05, 4.69) is 0 Å². The van der Waals surface area contributed by atoms with Gasteiger partial charge in [-0.2, -0.15) is 0 Å². The standard InChI is InChI=1S/C8H13Cl5/c1-7(11,6-10)8(12,13)4-2-3-5-9/h2-6H2,1H3. The summed E-state index contributed by atoms with van der Waals surface area (Å²) in [6.45, 7) is 1.74. The van der Waals surface area contributed by atoms with Crippen molar-refractivity contribution < 1.29 is 0 Å². The second-order valence-electron chi connectivity index (χ2n) is 3.18. The van der Waals surface area contributed by atoms with Gasteiger partial charge < -0.3 is 0 Å². The number of unbranched alkanes of at least 4 members (excludes halogenated alkanes) is 1. The van der Waals surface area contributed by atoms with Crippen LogP contribution in [0.3, 0.4) is 0 Å². The predicted molar refractivity (Wildman–Crippen MR) is 64.0 cm³/mol. The number of hydrogen-bond donors (Lipinski definition) is 0. The van der Waals surface area contributed by atoms with Crippen molar-refractivity contribution in [3.05, 3.63) is 0 Å². The average Bonchev–Trinajstić information content (AvgIpc) is 2.04. The highest BCUT2D eigenvalue weighted by molar-refractivity contribution is 6.54. The second-order valence-corrected chi connectivity index (χ2v) is 6.14. The molecule has 0 rings (SSSR count). The molecule has 13 heavy (non-hydrogen) atoms. The van der Waals surface area contributed by atoms with Crippen molar-refractivity contribution in [2.75, 3.05) is 11.8 Å². The molecular formula is C8H13Cl5. The Hall–Kier alpha value is 1.45. The Morgan fingerprint density at radius 1 is 1.00 bits per heavy atom. The smallest absolute Gasteiger partial charge is 0.127 e. The van der Waals surface area contributed by atoms with Gasteiger partial charge in [-0.25, -0.2) is 0 Å². The second kappa shape index (κ2) is 6.12. The van der Waals surface area contributed by atoms with E-state index >= 15 is 0 Å². The lowest BCUT2D eigenvalue weighted by Crippen LogP contribution is -2.40. The van der Waals surface area contributed by atoms with Crippen molar-refractivity contribution in [2.24, 2.45) is 0 Å². The fourth-order valence-electron chi connectivity index (χ4n) is 0.800. The molecule has 0 nitrogen and oxygen atoms in total. The van der Waals surface area contributed by atoms with Crippen LogP contribution in [0.15, 0.2) is 0 Å². The third-order valence-electron chi connectivity index (χ3n) is 1.89. The molecule has 0 heterocycles. The topological polar surface area (TPSA) is 0 Å². The molecule has 0 aliphatic heterocycles. The summed E-state index contributed by atoms with van der Waals surface area (Å²) in [4.78, 5) is -0.788. The highest BCUT2D eigenvalue weighted by Crippen LogP contribution is 2.43. The van der Waals surface area contributed by atoms with E-state index in [4.69, 9.17) is 58.0 Å². The summed E-state index contributed by atoms with van der Waals surface area (Å²) in [7, 11) is 0. The number of halogens is 5. The Morgan fingerprint density at radius 3 is 1.92 bits per heavy atom. The van der Waals surface area contributed by atoms with Gasteiger partial charge in [-0.15, -0.1) is 34.8 Å². The van der Waals surface area contributed by atoms with Crippen LogP contribution >= 0.6 is 58.0 Å². The van der Waals surface area contributed by atoms with E-state index in [0.29, 0.717) is 12.3 Å². The molecule has 1 atom stereocenters. The minimum Gasteiger partial charge on any atom is -0.127 e. The van der Waals surface area contributed by atoms with Crippen LogP contribution in [0, 0.1) is 0 Å². The van der Waals surface area contributed by atoms with Crippen molar-refractivity contribution in [3.8, 4) is 0 Å². The van der Waals surface area contributed by atoms with Gasteiger partial charge in [0.15, 0.2) is 0 Å². The molecule has 0 saturated heterocycles. The van der Waals surface area contributed by atoms with Crippen LogP contribution in [0.25, 0.3) is 0 Å². The lowest BCUT2D eigenvalue weighted by atomic mass is 10.0. The number of rotatable bonds is 6. The Bertz CT molecular complexity index is 143. The van der Waals surface area contributed by atoms with E-state index in [0.717, 1.165) is 12.8 Å². The SMILES string of the molecule is CC(Cl)(CCl)C(Cl)(Cl)CCCCCl. The van der Waals surface area contributed by atoms with Crippen LogP contribution in [-0.4, -0.2) is 21.0 Å². The molecule has 0 aliphatic carbocycles. The first-order valence-electron chi connectivity index (χ1n) is 4.06. The van der Waals surface area contributed by atoms with E-state index in [1.165, 1.54) is 0 Å². The van der Waals surface area contributed by atoms with Crippen molar-refractivity contribution >= 4 is 58.0 Å². The zero-order valence-corrected chi connectivity index (χ0v) is 11.2. The fourth-order valence-corrected chi connectivity index (χ4v) is 1.85. The third kappa shape index (κ3) is 4.66. The third-order valence-corrected chi connectivity index (χ3v) is 4.69. The summed E-state index contributed by atoms with van der Waals surface area (Å²) < 4.78 is -0.984. The van der Waals surface area contributed by atoms with Gasteiger partial charge in [0.1, 0.15) is 4.33 Å². The monoisotopic (exact) mass is 284 g/mol. The summed E-state index contributed by atoms with van der Waals surface area (Å²) in [6.07, 6.45) is 2.35. The molecule has 0 spiro atoms. The Balaban J connectivity index is 4.06.